The molecule has 2 N–H and O–H groups in total. The first-order valence-corrected chi connectivity index (χ1v) is 7.58. The number of hydrogen-bond acceptors (Lipinski definition) is 2. The molecular formula is C13H14ClIN2O3. The first-order valence-electron chi connectivity index (χ1n) is 6.12. The smallest absolute Gasteiger partial charge is 0.321 e. The Morgan fingerprint density at radius 3 is 2.70 bits per heavy atom. The van der Waals surface area contributed by atoms with E-state index in [0.29, 0.717) is 17.3 Å². The number of carbonyl (C=O) groups excluding carboxylic acids is 1. The minimum Gasteiger partial charge on any atom is -0.481 e. The van der Waals surface area contributed by atoms with Crippen LogP contribution < -0.4 is 5.32 Å². The number of carboxylic acids is 1. The first-order chi connectivity index (χ1) is 9.38. The molecule has 2 unspecified atom stereocenters. The number of likely N-dealkylation sites (tertiary alicyclic amines) is 1. The summed E-state index contributed by atoms with van der Waals surface area (Å²) in [7, 11) is 0. The fourth-order valence-corrected chi connectivity index (χ4v) is 3.25. The van der Waals surface area contributed by atoms with Crippen LogP contribution in [0, 0.1) is 15.4 Å². The minimum absolute atomic E-state index is 0.0393. The van der Waals surface area contributed by atoms with Crippen LogP contribution in [0.25, 0.3) is 0 Å². The van der Waals surface area contributed by atoms with Gasteiger partial charge in [0.1, 0.15) is 0 Å². The molecule has 1 heterocycles. The van der Waals surface area contributed by atoms with Crippen LogP contribution in [0.2, 0.25) is 5.02 Å². The summed E-state index contributed by atoms with van der Waals surface area (Å²) in [5.41, 5.74) is 0.673. The average molecular weight is 409 g/mol. The maximum atomic E-state index is 12.2. The number of nitrogens with one attached hydrogen (secondary N) is 1. The summed E-state index contributed by atoms with van der Waals surface area (Å²) >= 11 is 7.95. The topological polar surface area (TPSA) is 69.6 Å². The van der Waals surface area contributed by atoms with Crippen LogP contribution in [-0.2, 0) is 4.79 Å². The molecule has 1 aliphatic heterocycles. The molecule has 108 valence electrons. The lowest BCUT2D eigenvalue weighted by atomic mass is 9.99. The minimum atomic E-state index is -0.853. The Hall–Kier alpha value is -1.02. The highest BCUT2D eigenvalue weighted by molar-refractivity contribution is 14.1. The molecule has 2 atom stereocenters. The molecule has 1 aromatic rings. The van der Waals surface area contributed by atoms with Gasteiger partial charge in [-0.25, -0.2) is 4.79 Å². The third kappa shape index (κ3) is 3.35. The van der Waals surface area contributed by atoms with Gasteiger partial charge in [0, 0.05) is 21.7 Å². The van der Waals surface area contributed by atoms with Crippen molar-refractivity contribution in [2.45, 2.75) is 6.92 Å². The molecular weight excluding hydrogens is 395 g/mol. The second-order valence-corrected chi connectivity index (χ2v) is 6.48. The number of benzene rings is 1. The molecule has 0 spiro atoms. The van der Waals surface area contributed by atoms with Crippen molar-refractivity contribution < 1.29 is 14.7 Å². The lowest BCUT2D eigenvalue weighted by Gasteiger charge is -2.17. The molecule has 2 rings (SSSR count). The fourth-order valence-electron chi connectivity index (χ4n) is 2.24. The number of carbonyl (C=O) groups is 2. The van der Waals surface area contributed by atoms with E-state index in [4.69, 9.17) is 16.7 Å². The van der Waals surface area contributed by atoms with E-state index >= 15 is 0 Å². The number of amides is 2. The summed E-state index contributed by atoms with van der Waals surface area (Å²) in [5, 5.41) is 12.5. The van der Waals surface area contributed by atoms with Gasteiger partial charge in [-0.3, -0.25) is 4.79 Å². The number of urea groups is 1. The molecule has 1 aromatic carbocycles. The number of halogens is 2. The number of hydrogen-bond donors (Lipinski definition) is 2. The summed E-state index contributed by atoms with van der Waals surface area (Å²) in [6.07, 6.45) is 0. The number of rotatable bonds is 2. The van der Waals surface area contributed by atoms with Gasteiger partial charge in [-0.05, 0) is 46.7 Å². The van der Waals surface area contributed by atoms with Gasteiger partial charge >= 0.3 is 12.0 Å². The van der Waals surface area contributed by atoms with Crippen molar-refractivity contribution in [2.75, 3.05) is 18.4 Å². The van der Waals surface area contributed by atoms with Gasteiger partial charge in [-0.2, -0.15) is 0 Å². The largest absolute Gasteiger partial charge is 0.481 e. The van der Waals surface area contributed by atoms with Crippen LogP contribution in [0.4, 0.5) is 10.5 Å². The quantitative estimate of drug-likeness (QED) is 0.739. The third-order valence-electron chi connectivity index (χ3n) is 3.39. The monoisotopic (exact) mass is 408 g/mol. The van der Waals surface area contributed by atoms with Crippen LogP contribution in [0.15, 0.2) is 18.2 Å². The summed E-state index contributed by atoms with van der Waals surface area (Å²) in [4.78, 5) is 24.7. The Labute approximate surface area is 135 Å². The highest BCUT2D eigenvalue weighted by Gasteiger charge is 2.37. The summed E-state index contributed by atoms with van der Waals surface area (Å²) < 4.78 is 0.838. The van der Waals surface area contributed by atoms with E-state index in [1.54, 1.807) is 18.2 Å². The molecule has 1 fully saturated rings. The van der Waals surface area contributed by atoms with Gasteiger partial charge in [-0.1, -0.05) is 18.5 Å². The van der Waals surface area contributed by atoms with E-state index in [1.807, 2.05) is 6.92 Å². The Bertz CT molecular complexity index is 552. The molecule has 20 heavy (non-hydrogen) atoms. The lowest BCUT2D eigenvalue weighted by Crippen LogP contribution is -2.34. The second kappa shape index (κ2) is 6.17. The van der Waals surface area contributed by atoms with Gasteiger partial charge in [0.15, 0.2) is 0 Å². The predicted octanol–water partition coefficient (Wildman–Crippen LogP) is 3.13. The van der Waals surface area contributed by atoms with Crippen molar-refractivity contribution in [2.24, 2.45) is 11.8 Å². The van der Waals surface area contributed by atoms with E-state index in [0.717, 1.165) is 3.57 Å². The number of nitrogens with zero attached hydrogens (tertiary/aromatic N) is 1. The van der Waals surface area contributed by atoms with E-state index in [9.17, 15) is 9.59 Å². The molecule has 0 radical (unpaired) electrons. The van der Waals surface area contributed by atoms with Crippen molar-refractivity contribution in [3.63, 3.8) is 0 Å². The van der Waals surface area contributed by atoms with Gasteiger partial charge in [0.25, 0.3) is 0 Å². The Kier molecular flexibility index (Phi) is 4.74. The SMILES string of the molecule is CC1CN(C(=O)Nc2ccc(Cl)cc2I)CC1C(=O)O. The molecule has 7 heteroatoms. The number of carboxylic acid groups (broad SMARTS) is 1. The van der Waals surface area contributed by atoms with Gasteiger partial charge in [0.2, 0.25) is 0 Å². The molecule has 2 amide bonds. The zero-order valence-electron chi connectivity index (χ0n) is 10.8. The van der Waals surface area contributed by atoms with E-state index in [2.05, 4.69) is 27.9 Å². The van der Waals surface area contributed by atoms with Crippen LogP contribution >= 0.6 is 34.2 Å². The molecule has 0 bridgehead atoms. The molecule has 0 aliphatic carbocycles. The lowest BCUT2D eigenvalue weighted by molar-refractivity contribution is -0.142. The zero-order valence-corrected chi connectivity index (χ0v) is 13.7. The van der Waals surface area contributed by atoms with Crippen molar-refractivity contribution in [3.05, 3.63) is 26.8 Å². The van der Waals surface area contributed by atoms with Gasteiger partial charge in [0.05, 0.1) is 11.6 Å². The zero-order chi connectivity index (χ0) is 14.9. The Morgan fingerprint density at radius 2 is 2.15 bits per heavy atom. The molecule has 1 aliphatic rings. The maximum Gasteiger partial charge on any atom is 0.321 e. The van der Waals surface area contributed by atoms with Gasteiger partial charge in [-0.15, -0.1) is 0 Å². The first kappa shape index (κ1) is 15.4. The summed E-state index contributed by atoms with van der Waals surface area (Å²) in [5.74, 6) is -1.39. The average Bonchev–Trinajstić information content (AvgIpc) is 2.75. The van der Waals surface area contributed by atoms with Gasteiger partial charge < -0.3 is 15.3 Å². The fraction of sp³-hybridized carbons (Fsp3) is 0.385. The standard InChI is InChI=1S/C13H14ClIN2O3/c1-7-5-17(6-9(7)12(18)19)13(20)16-11-3-2-8(14)4-10(11)15/h2-4,7,9H,5-6H2,1H3,(H,16,20)(H,18,19). The molecule has 0 aromatic heterocycles. The van der Waals surface area contributed by atoms with E-state index in [1.165, 1.54) is 4.90 Å². The van der Waals surface area contributed by atoms with Crippen molar-refractivity contribution in [1.29, 1.82) is 0 Å². The normalized spacial score (nSPS) is 21.9. The molecule has 0 saturated carbocycles. The van der Waals surface area contributed by atoms with Crippen molar-refractivity contribution >= 4 is 51.9 Å². The van der Waals surface area contributed by atoms with Crippen molar-refractivity contribution in [3.8, 4) is 0 Å². The third-order valence-corrected chi connectivity index (χ3v) is 4.52. The summed E-state index contributed by atoms with van der Waals surface area (Å²) in [6.45, 7) is 2.54. The molecule has 5 nitrogen and oxygen atoms in total. The highest BCUT2D eigenvalue weighted by atomic mass is 127. The van der Waals surface area contributed by atoms with Crippen molar-refractivity contribution in [1.82, 2.24) is 4.90 Å². The van der Waals surface area contributed by atoms with Crippen LogP contribution in [0.3, 0.4) is 0 Å². The van der Waals surface area contributed by atoms with Crippen LogP contribution in [0.5, 0.6) is 0 Å². The van der Waals surface area contributed by atoms with Crippen LogP contribution in [0.1, 0.15) is 6.92 Å². The van der Waals surface area contributed by atoms with E-state index in [-0.39, 0.29) is 18.5 Å². The number of anilines is 1. The van der Waals surface area contributed by atoms with E-state index < -0.39 is 11.9 Å². The number of aliphatic carboxylic acids is 1. The highest BCUT2D eigenvalue weighted by Crippen LogP contribution is 2.26. The maximum absolute atomic E-state index is 12.2. The Morgan fingerprint density at radius 1 is 1.45 bits per heavy atom. The molecule has 1 saturated heterocycles. The predicted molar refractivity (Wildman–Crippen MR) is 85.1 cm³/mol. The van der Waals surface area contributed by atoms with Crippen LogP contribution in [-0.4, -0.2) is 35.1 Å². The summed E-state index contributed by atoms with van der Waals surface area (Å²) in [6, 6.07) is 4.91. The Balaban J connectivity index is 2.04. The second-order valence-electron chi connectivity index (χ2n) is 4.88.